The van der Waals surface area contributed by atoms with Gasteiger partial charge in [-0.3, -0.25) is 28.5 Å². The van der Waals surface area contributed by atoms with Crippen molar-refractivity contribution in [2.24, 2.45) is 16.2 Å². The van der Waals surface area contributed by atoms with Gasteiger partial charge >= 0.3 is 0 Å². The van der Waals surface area contributed by atoms with E-state index in [4.69, 9.17) is 4.55 Å². The molecule has 17 heteroatoms. The summed E-state index contributed by atoms with van der Waals surface area (Å²) in [6.45, 7) is 13.8. The Morgan fingerprint density at radius 1 is 0.727 bits per heavy atom. The number of nitrogens with zero attached hydrogens (tertiary/aromatic N) is 1. The van der Waals surface area contributed by atoms with Crippen LogP contribution in [0.2, 0.25) is 0 Å². The molecule has 0 aromatic heterocycles. The first-order chi connectivity index (χ1) is 25.5. The van der Waals surface area contributed by atoms with Gasteiger partial charge < -0.3 is 31.1 Å². The average Bonchev–Trinajstić information content (AvgIpc) is 3.60. The smallest absolute Gasteiger partial charge is 0.265 e. The molecule has 0 aromatic carbocycles. The van der Waals surface area contributed by atoms with E-state index in [1.54, 1.807) is 13.8 Å². The highest BCUT2D eigenvalue weighted by molar-refractivity contribution is 8.77. The van der Waals surface area contributed by atoms with Crippen molar-refractivity contribution in [1.29, 1.82) is 0 Å². The number of rotatable bonds is 29. The summed E-state index contributed by atoms with van der Waals surface area (Å²) < 4.78 is 31.9. The molecule has 6 N–H and O–H groups in total. The summed E-state index contributed by atoms with van der Waals surface area (Å²) in [5.41, 5.74) is -3.01. The maximum atomic E-state index is 14.1. The van der Waals surface area contributed by atoms with Crippen molar-refractivity contribution >= 4 is 61.2 Å². The number of hydrogen-bond acceptors (Lipinski definition) is 9. The first-order valence-corrected chi connectivity index (χ1v) is 23.9. The minimum Gasteiger partial charge on any atom is -0.356 e. The van der Waals surface area contributed by atoms with E-state index in [-0.39, 0.29) is 48.1 Å². The zero-order valence-electron chi connectivity index (χ0n) is 34.9. The van der Waals surface area contributed by atoms with Crippen molar-refractivity contribution in [3.8, 4) is 0 Å². The third kappa shape index (κ3) is 21.9. The largest absolute Gasteiger partial charge is 0.356 e. The molecule has 1 saturated heterocycles. The monoisotopic (exact) mass is 837 g/mol. The standard InChI is InChI=1S/C38H72N6O8S3/c1-9-37(5,34(48)42-22-12-19-39-30(2)45)29-38(6,35(49)43-23-14-24-44(7,8)25-15-27-55(50,51)52)28-36(3,4)33(47)41-21-13-20-40-32(46)17-11-10-16-31-18-26-53-54-31/h31H,9-29H2,1-8H3,(H5-,39,40,41,42,43,45,46,47,48,49,50,51,52)/p+1. The zero-order valence-corrected chi connectivity index (χ0v) is 37.4. The molecule has 1 heterocycles. The fourth-order valence-corrected chi connectivity index (χ4v) is 10.6. The molecule has 1 fully saturated rings. The van der Waals surface area contributed by atoms with Crippen molar-refractivity contribution < 1.29 is 41.4 Å². The zero-order chi connectivity index (χ0) is 41.8. The van der Waals surface area contributed by atoms with Gasteiger partial charge in [-0.1, -0.05) is 62.6 Å². The van der Waals surface area contributed by atoms with Crippen molar-refractivity contribution in [3.63, 3.8) is 0 Å². The van der Waals surface area contributed by atoms with Gasteiger partial charge in [-0.25, -0.2) is 0 Å². The van der Waals surface area contributed by atoms with Crippen LogP contribution in [0.15, 0.2) is 0 Å². The Labute approximate surface area is 339 Å². The van der Waals surface area contributed by atoms with E-state index in [2.05, 4.69) is 26.6 Å². The molecule has 14 nitrogen and oxygen atoms in total. The Morgan fingerprint density at radius 3 is 1.84 bits per heavy atom. The van der Waals surface area contributed by atoms with Crippen LogP contribution in [0.5, 0.6) is 0 Å². The molecule has 3 unspecified atom stereocenters. The van der Waals surface area contributed by atoms with Crippen molar-refractivity contribution in [2.45, 2.75) is 124 Å². The molecule has 0 spiro atoms. The molecule has 55 heavy (non-hydrogen) atoms. The second kappa shape index (κ2) is 24.6. The highest BCUT2D eigenvalue weighted by atomic mass is 33.1. The molecule has 1 rings (SSSR count). The van der Waals surface area contributed by atoms with Gasteiger partial charge in [-0.05, 0) is 51.4 Å². The van der Waals surface area contributed by atoms with Crippen LogP contribution in [0.4, 0.5) is 0 Å². The second-order valence-corrected chi connectivity index (χ2v) is 21.3. The summed E-state index contributed by atoms with van der Waals surface area (Å²) in [4.78, 5) is 64.8. The predicted molar refractivity (Wildman–Crippen MR) is 224 cm³/mol. The highest BCUT2D eigenvalue weighted by Gasteiger charge is 2.47. The summed E-state index contributed by atoms with van der Waals surface area (Å²) in [5, 5.41) is 15.4. The number of carbonyl (C=O) groups excluding carboxylic acids is 5. The minimum atomic E-state index is -4.03. The number of amides is 5. The molecular formula is C38H73N6O8S3+. The molecular weight excluding hydrogens is 765 g/mol. The summed E-state index contributed by atoms with van der Waals surface area (Å²) in [6, 6.07) is 0. The lowest BCUT2D eigenvalue weighted by Crippen LogP contribution is -2.51. The Kier molecular flexibility index (Phi) is 22.8. The van der Waals surface area contributed by atoms with E-state index < -0.39 is 26.4 Å². The van der Waals surface area contributed by atoms with E-state index in [0.717, 1.165) is 19.3 Å². The SMILES string of the molecule is CCC(C)(CC(C)(CC(C)(C)C(=O)NCCCNC(=O)CCCCC1CCSS1)C(=O)NCCC[N+](C)(C)CCCS(=O)(=O)O)C(=O)NCCCNC(C)=O. The van der Waals surface area contributed by atoms with Crippen LogP contribution in [0.25, 0.3) is 0 Å². The topological polar surface area (TPSA) is 200 Å². The van der Waals surface area contributed by atoms with Gasteiger partial charge in [0.25, 0.3) is 10.1 Å². The van der Waals surface area contributed by atoms with E-state index in [0.29, 0.717) is 94.1 Å². The Bertz CT molecular complexity index is 1340. The van der Waals surface area contributed by atoms with Gasteiger partial charge in [0.1, 0.15) is 0 Å². The number of hydrogen-bond donors (Lipinski definition) is 6. The van der Waals surface area contributed by atoms with E-state index in [9.17, 15) is 32.4 Å². The molecule has 5 amide bonds. The number of nitrogens with one attached hydrogen (secondary N) is 5. The van der Waals surface area contributed by atoms with Gasteiger partial charge in [-0.2, -0.15) is 8.42 Å². The molecule has 0 aliphatic carbocycles. The van der Waals surface area contributed by atoms with Crippen molar-refractivity contribution in [3.05, 3.63) is 0 Å². The fraction of sp³-hybridized carbons (Fsp3) is 0.868. The first kappa shape index (κ1) is 50.9. The molecule has 0 saturated carbocycles. The second-order valence-electron chi connectivity index (χ2n) is 17.0. The number of unbranched alkanes of at least 4 members (excludes halogenated alkanes) is 1. The van der Waals surface area contributed by atoms with Gasteiger partial charge in [-0.15, -0.1) is 0 Å². The lowest BCUT2D eigenvalue weighted by atomic mass is 9.64. The Morgan fingerprint density at radius 2 is 1.27 bits per heavy atom. The van der Waals surface area contributed by atoms with Gasteiger partial charge in [0.05, 0.1) is 32.9 Å². The number of quaternary nitrogens is 1. The molecule has 1 aliphatic heterocycles. The third-order valence-corrected chi connectivity index (χ3v) is 14.2. The fourth-order valence-electron chi connectivity index (χ4n) is 7.05. The molecule has 0 aromatic rings. The summed E-state index contributed by atoms with van der Waals surface area (Å²) in [5.74, 6) is 0.124. The van der Waals surface area contributed by atoms with Crippen LogP contribution in [0.3, 0.4) is 0 Å². The summed E-state index contributed by atoms with van der Waals surface area (Å²) >= 11 is 0. The highest BCUT2D eigenvalue weighted by Crippen LogP contribution is 2.44. The van der Waals surface area contributed by atoms with Gasteiger partial charge in [0, 0.05) is 86.2 Å². The van der Waals surface area contributed by atoms with Crippen LogP contribution in [0.1, 0.15) is 119 Å². The van der Waals surface area contributed by atoms with Crippen molar-refractivity contribution in [1.82, 2.24) is 26.6 Å². The van der Waals surface area contributed by atoms with Crippen LogP contribution < -0.4 is 26.6 Å². The quantitative estimate of drug-likeness (QED) is 0.0277. The lowest BCUT2D eigenvalue weighted by molar-refractivity contribution is -0.890. The normalized spacial score (nSPS) is 17.1. The van der Waals surface area contributed by atoms with E-state index in [1.807, 2.05) is 56.5 Å². The first-order valence-electron chi connectivity index (χ1n) is 20.0. The van der Waals surface area contributed by atoms with Crippen LogP contribution in [-0.2, 0) is 34.1 Å². The maximum absolute atomic E-state index is 14.1. The molecule has 3 atom stereocenters. The van der Waals surface area contributed by atoms with Gasteiger partial charge in [0.2, 0.25) is 29.5 Å². The maximum Gasteiger partial charge on any atom is 0.265 e. The Balaban J connectivity index is 2.86. The lowest BCUT2D eigenvalue weighted by Gasteiger charge is -2.41. The molecule has 320 valence electrons. The predicted octanol–water partition coefficient (Wildman–Crippen LogP) is 4.06. The average molecular weight is 838 g/mol. The summed E-state index contributed by atoms with van der Waals surface area (Å²) in [6.07, 6.45) is 7.71. The van der Waals surface area contributed by atoms with E-state index >= 15 is 0 Å². The summed E-state index contributed by atoms with van der Waals surface area (Å²) in [7, 11) is 3.79. The van der Waals surface area contributed by atoms with E-state index in [1.165, 1.54) is 19.1 Å². The minimum absolute atomic E-state index is 0.0253. The van der Waals surface area contributed by atoms with Gasteiger partial charge in [0.15, 0.2) is 0 Å². The molecule has 1 aliphatic rings. The Hall–Kier alpha value is -2.08. The van der Waals surface area contributed by atoms with Crippen LogP contribution in [0, 0.1) is 16.2 Å². The van der Waals surface area contributed by atoms with Crippen LogP contribution in [-0.4, -0.2) is 124 Å². The van der Waals surface area contributed by atoms with Crippen LogP contribution >= 0.6 is 21.6 Å². The molecule has 0 bridgehead atoms. The molecule has 0 radical (unpaired) electrons. The number of carbonyl (C=O) groups is 5. The third-order valence-electron chi connectivity index (χ3n) is 10.4. The van der Waals surface area contributed by atoms with Crippen molar-refractivity contribution in [2.75, 3.05) is 71.4 Å².